The highest BCUT2D eigenvalue weighted by molar-refractivity contribution is 7.99. The zero-order valence-corrected chi connectivity index (χ0v) is 19.9. The fourth-order valence-corrected chi connectivity index (χ4v) is 4.69. The molecule has 4 rings (SSSR count). The molecule has 0 aliphatic heterocycles. The minimum atomic E-state index is -0.982. The normalized spacial score (nSPS) is 12.0. The van der Waals surface area contributed by atoms with Gasteiger partial charge in [-0.05, 0) is 42.7 Å². The summed E-state index contributed by atoms with van der Waals surface area (Å²) in [6, 6.07) is 24.1. The van der Waals surface area contributed by atoms with Crippen molar-refractivity contribution in [1.82, 2.24) is 0 Å². The van der Waals surface area contributed by atoms with Crippen LogP contribution < -0.4 is 4.74 Å². The van der Waals surface area contributed by atoms with Gasteiger partial charge in [-0.2, -0.15) is 0 Å². The van der Waals surface area contributed by atoms with E-state index in [1.54, 1.807) is 17.8 Å². The first-order chi connectivity index (χ1) is 16.6. The summed E-state index contributed by atoms with van der Waals surface area (Å²) in [5, 5.41) is 9.86. The van der Waals surface area contributed by atoms with E-state index in [4.69, 9.17) is 19.0 Å². The lowest BCUT2D eigenvalue weighted by Gasteiger charge is -2.13. The number of carboxylic acid groups (broad SMARTS) is 1. The Balaban J connectivity index is 1.25. The van der Waals surface area contributed by atoms with Crippen molar-refractivity contribution < 1.29 is 23.8 Å². The predicted molar refractivity (Wildman–Crippen MR) is 136 cm³/mol. The Bertz CT molecular complexity index is 1220. The number of hydrogen-bond acceptors (Lipinski definition) is 5. The van der Waals surface area contributed by atoms with Crippen LogP contribution >= 0.6 is 11.8 Å². The Kier molecular flexibility index (Phi) is 8.28. The standard InChI is InChI=1S/C28H28O5S/c1-20(31-14-7-15-34-24-12-6-11-23(17-24)32-19-27(29)30)16-22-10-5-13-25-26(18-33-28(22)25)21-8-3-2-4-9-21/h2-6,8-13,17-18,20H,7,14-16,19H2,1H3,(H,29,30). The maximum absolute atomic E-state index is 10.6. The van der Waals surface area contributed by atoms with Crippen LogP contribution in [0.4, 0.5) is 0 Å². The molecule has 0 fully saturated rings. The molecule has 6 heteroatoms. The van der Waals surface area contributed by atoms with Crippen molar-refractivity contribution in [3.05, 3.63) is 84.6 Å². The Morgan fingerprint density at radius 3 is 2.71 bits per heavy atom. The molecule has 1 N–H and O–H groups in total. The second kappa shape index (κ2) is 11.8. The van der Waals surface area contributed by atoms with Gasteiger partial charge >= 0.3 is 5.97 Å². The van der Waals surface area contributed by atoms with Gasteiger partial charge in [0.1, 0.15) is 11.3 Å². The van der Waals surface area contributed by atoms with E-state index in [0.29, 0.717) is 12.4 Å². The molecule has 1 unspecified atom stereocenters. The molecule has 0 spiro atoms. The van der Waals surface area contributed by atoms with Gasteiger partial charge in [0, 0.05) is 34.6 Å². The lowest BCUT2D eigenvalue weighted by Crippen LogP contribution is -2.13. The van der Waals surface area contributed by atoms with Crippen LogP contribution in [0.1, 0.15) is 18.9 Å². The molecule has 0 aliphatic carbocycles. The van der Waals surface area contributed by atoms with E-state index < -0.39 is 5.97 Å². The Labute approximate surface area is 203 Å². The third-order valence-electron chi connectivity index (χ3n) is 5.40. The number of carbonyl (C=O) groups is 1. The van der Waals surface area contributed by atoms with E-state index >= 15 is 0 Å². The number of carboxylic acids is 1. The Morgan fingerprint density at radius 2 is 1.88 bits per heavy atom. The highest BCUT2D eigenvalue weighted by Gasteiger charge is 2.13. The van der Waals surface area contributed by atoms with Crippen molar-refractivity contribution in [2.75, 3.05) is 19.0 Å². The van der Waals surface area contributed by atoms with E-state index in [2.05, 4.69) is 37.3 Å². The molecule has 1 heterocycles. The van der Waals surface area contributed by atoms with Crippen LogP contribution in [0.25, 0.3) is 22.1 Å². The third-order valence-corrected chi connectivity index (χ3v) is 6.48. The van der Waals surface area contributed by atoms with E-state index in [1.165, 1.54) is 0 Å². The van der Waals surface area contributed by atoms with Gasteiger partial charge in [0.25, 0.3) is 0 Å². The minimum absolute atomic E-state index is 0.0774. The maximum atomic E-state index is 10.6. The average Bonchev–Trinajstić information content (AvgIpc) is 3.29. The van der Waals surface area contributed by atoms with E-state index in [9.17, 15) is 4.79 Å². The molecule has 0 radical (unpaired) electrons. The van der Waals surface area contributed by atoms with E-state index in [1.807, 2.05) is 42.7 Å². The first-order valence-corrected chi connectivity index (χ1v) is 12.3. The highest BCUT2D eigenvalue weighted by atomic mass is 32.2. The quantitative estimate of drug-likeness (QED) is 0.181. The maximum Gasteiger partial charge on any atom is 0.341 e. The third kappa shape index (κ3) is 6.43. The molecule has 34 heavy (non-hydrogen) atoms. The molecule has 0 bridgehead atoms. The zero-order chi connectivity index (χ0) is 23.8. The summed E-state index contributed by atoms with van der Waals surface area (Å²) in [5.74, 6) is 0.493. The van der Waals surface area contributed by atoms with Crippen LogP contribution in [0.3, 0.4) is 0 Å². The fraction of sp³-hybridized carbons (Fsp3) is 0.250. The molecule has 4 aromatic rings. The molecule has 0 saturated heterocycles. The molecule has 1 atom stereocenters. The first-order valence-electron chi connectivity index (χ1n) is 11.3. The SMILES string of the molecule is CC(Cc1cccc2c(-c3ccccc3)coc12)OCCCSc1cccc(OCC(=O)O)c1. The molecule has 0 aliphatic rings. The van der Waals surface area contributed by atoms with Crippen LogP contribution in [0.2, 0.25) is 0 Å². The van der Waals surface area contributed by atoms with Crippen LogP contribution in [-0.2, 0) is 16.0 Å². The Hall–Kier alpha value is -3.22. The van der Waals surface area contributed by atoms with Crippen LogP contribution in [0, 0.1) is 0 Å². The van der Waals surface area contributed by atoms with E-state index in [-0.39, 0.29) is 12.7 Å². The second-order valence-corrected chi connectivity index (χ2v) is 9.22. The number of aliphatic carboxylic acids is 1. The summed E-state index contributed by atoms with van der Waals surface area (Å²) in [4.78, 5) is 11.7. The number of hydrogen-bond donors (Lipinski definition) is 1. The van der Waals surface area contributed by atoms with E-state index in [0.717, 1.165) is 51.1 Å². The van der Waals surface area contributed by atoms with Crippen molar-refractivity contribution in [2.45, 2.75) is 30.8 Å². The number of rotatable bonds is 12. The van der Waals surface area contributed by atoms with Gasteiger partial charge in [-0.25, -0.2) is 4.79 Å². The average molecular weight is 477 g/mol. The molecule has 1 aromatic heterocycles. The summed E-state index contributed by atoms with van der Waals surface area (Å²) in [7, 11) is 0. The molecule has 0 saturated carbocycles. The van der Waals surface area contributed by atoms with Gasteiger partial charge in [-0.3, -0.25) is 0 Å². The molecule has 5 nitrogen and oxygen atoms in total. The van der Waals surface area contributed by atoms with Gasteiger partial charge in [0.05, 0.1) is 12.4 Å². The van der Waals surface area contributed by atoms with Gasteiger partial charge in [0.15, 0.2) is 6.61 Å². The molecule has 3 aromatic carbocycles. The number of thioether (sulfide) groups is 1. The minimum Gasteiger partial charge on any atom is -0.482 e. The van der Waals surface area contributed by atoms with Crippen molar-refractivity contribution >= 4 is 28.7 Å². The number of furan rings is 1. The zero-order valence-electron chi connectivity index (χ0n) is 19.1. The molecular formula is C28H28O5S. The number of para-hydroxylation sites is 1. The largest absolute Gasteiger partial charge is 0.482 e. The molecular weight excluding hydrogens is 448 g/mol. The summed E-state index contributed by atoms with van der Waals surface area (Å²) < 4.78 is 17.3. The number of benzene rings is 3. The summed E-state index contributed by atoms with van der Waals surface area (Å²) in [6.07, 6.45) is 3.62. The van der Waals surface area contributed by atoms with Gasteiger partial charge in [0.2, 0.25) is 0 Å². The van der Waals surface area contributed by atoms with Crippen LogP contribution in [0.15, 0.2) is 88.4 Å². The predicted octanol–water partition coefficient (Wildman–Crippen LogP) is 6.69. The molecule has 176 valence electrons. The van der Waals surface area contributed by atoms with Gasteiger partial charge in [-0.1, -0.05) is 54.6 Å². The summed E-state index contributed by atoms with van der Waals surface area (Å²) in [6.45, 7) is 2.43. The van der Waals surface area contributed by atoms with Crippen LogP contribution in [-0.4, -0.2) is 36.1 Å². The van der Waals surface area contributed by atoms with Crippen molar-refractivity contribution in [3.63, 3.8) is 0 Å². The molecule has 0 amide bonds. The lowest BCUT2D eigenvalue weighted by atomic mass is 10.0. The fourth-order valence-electron chi connectivity index (χ4n) is 3.82. The number of fused-ring (bicyclic) bond motifs is 1. The topological polar surface area (TPSA) is 68.9 Å². The van der Waals surface area contributed by atoms with Crippen molar-refractivity contribution in [2.24, 2.45) is 0 Å². The van der Waals surface area contributed by atoms with Crippen molar-refractivity contribution in [3.8, 4) is 16.9 Å². The summed E-state index contributed by atoms with van der Waals surface area (Å²) in [5.41, 5.74) is 4.34. The van der Waals surface area contributed by atoms with Gasteiger partial charge < -0.3 is 19.0 Å². The monoisotopic (exact) mass is 476 g/mol. The second-order valence-electron chi connectivity index (χ2n) is 8.05. The lowest BCUT2D eigenvalue weighted by molar-refractivity contribution is -0.139. The van der Waals surface area contributed by atoms with Crippen LogP contribution in [0.5, 0.6) is 5.75 Å². The van der Waals surface area contributed by atoms with Gasteiger partial charge in [-0.15, -0.1) is 11.8 Å². The smallest absolute Gasteiger partial charge is 0.341 e. The first kappa shape index (κ1) is 23.9. The number of ether oxygens (including phenoxy) is 2. The Morgan fingerprint density at radius 1 is 1.06 bits per heavy atom. The van der Waals surface area contributed by atoms with Crippen molar-refractivity contribution in [1.29, 1.82) is 0 Å². The highest BCUT2D eigenvalue weighted by Crippen LogP contribution is 2.33. The summed E-state index contributed by atoms with van der Waals surface area (Å²) >= 11 is 1.70.